The fourth-order valence-corrected chi connectivity index (χ4v) is 2.83. The van der Waals surface area contributed by atoms with Gasteiger partial charge in [0.15, 0.2) is 11.5 Å². The molecule has 0 aliphatic rings. The lowest BCUT2D eigenvalue weighted by atomic mass is 10.1. The molecule has 0 unspecified atom stereocenters. The van der Waals surface area contributed by atoms with Gasteiger partial charge in [-0.2, -0.15) is 4.98 Å². The molecule has 2 heterocycles. The third-order valence-corrected chi connectivity index (χ3v) is 4.27. The summed E-state index contributed by atoms with van der Waals surface area (Å²) in [5, 5.41) is 17.7. The van der Waals surface area contributed by atoms with Crippen LogP contribution in [0.5, 0.6) is 0 Å². The van der Waals surface area contributed by atoms with E-state index in [0.29, 0.717) is 22.9 Å². The standard InChI is InChI=1S/C20H19FN6O/c1-27(2)12-11-22-19-16-6-4-3-5-15(16)17(24-25-19)20-23-18(26-28-20)13-7-9-14(21)10-8-13/h3-10H,11-12H2,1-2H3,(H,22,25). The first-order chi connectivity index (χ1) is 13.6. The van der Waals surface area contributed by atoms with E-state index in [2.05, 4.69) is 30.6 Å². The van der Waals surface area contributed by atoms with E-state index >= 15 is 0 Å². The van der Waals surface area contributed by atoms with Crippen LogP contribution in [0.1, 0.15) is 0 Å². The Morgan fingerprint density at radius 3 is 2.50 bits per heavy atom. The van der Waals surface area contributed by atoms with Crippen LogP contribution in [0, 0.1) is 5.82 Å². The third kappa shape index (κ3) is 3.67. The van der Waals surface area contributed by atoms with E-state index in [1.54, 1.807) is 12.1 Å². The zero-order chi connectivity index (χ0) is 19.5. The van der Waals surface area contributed by atoms with Crippen LogP contribution in [-0.2, 0) is 0 Å². The number of anilines is 1. The van der Waals surface area contributed by atoms with Gasteiger partial charge < -0.3 is 14.7 Å². The largest absolute Gasteiger partial charge is 0.367 e. The maximum absolute atomic E-state index is 13.1. The Morgan fingerprint density at radius 2 is 1.75 bits per heavy atom. The van der Waals surface area contributed by atoms with Crippen LogP contribution in [0.4, 0.5) is 10.2 Å². The SMILES string of the molecule is CN(C)CCNc1nnc(-c2nc(-c3ccc(F)cc3)no2)c2ccccc12. The summed E-state index contributed by atoms with van der Waals surface area (Å²) in [6.07, 6.45) is 0. The predicted octanol–water partition coefficient (Wildman–Crippen LogP) is 3.46. The fraction of sp³-hybridized carbons (Fsp3) is 0.200. The minimum atomic E-state index is -0.318. The monoisotopic (exact) mass is 378 g/mol. The first-order valence-corrected chi connectivity index (χ1v) is 8.86. The number of nitrogens with zero attached hydrogens (tertiary/aromatic N) is 5. The molecule has 28 heavy (non-hydrogen) atoms. The smallest absolute Gasteiger partial charge is 0.279 e. The van der Waals surface area contributed by atoms with Gasteiger partial charge in [0.25, 0.3) is 5.89 Å². The summed E-state index contributed by atoms with van der Waals surface area (Å²) in [5.41, 5.74) is 1.17. The molecule has 0 aliphatic carbocycles. The number of halogens is 1. The molecule has 0 bridgehead atoms. The highest BCUT2D eigenvalue weighted by atomic mass is 19.1. The Bertz CT molecular complexity index is 1090. The van der Waals surface area contributed by atoms with Gasteiger partial charge in [-0.25, -0.2) is 4.39 Å². The Kier molecular flexibility index (Phi) is 4.94. The lowest BCUT2D eigenvalue weighted by molar-refractivity contribution is 0.425. The molecule has 0 radical (unpaired) electrons. The van der Waals surface area contributed by atoms with Crippen molar-refractivity contribution in [1.29, 1.82) is 0 Å². The number of benzene rings is 2. The normalized spacial score (nSPS) is 11.3. The summed E-state index contributed by atoms with van der Waals surface area (Å²) in [6, 6.07) is 13.7. The molecule has 8 heteroatoms. The van der Waals surface area contributed by atoms with Crippen LogP contribution in [0.3, 0.4) is 0 Å². The van der Waals surface area contributed by atoms with Crippen molar-refractivity contribution in [2.45, 2.75) is 0 Å². The highest BCUT2D eigenvalue weighted by Crippen LogP contribution is 2.29. The average Bonchev–Trinajstić information content (AvgIpc) is 3.18. The van der Waals surface area contributed by atoms with Crippen molar-refractivity contribution >= 4 is 16.6 Å². The first kappa shape index (κ1) is 18.0. The van der Waals surface area contributed by atoms with Gasteiger partial charge in [0, 0.05) is 29.4 Å². The van der Waals surface area contributed by atoms with E-state index in [9.17, 15) is 4.39 Å². The fourth-order valence-electron chi connectivity index (χ4n) is 2.83. The summed E-state index contributed by atoms with van der Waals surface area (Å²) in [7, 11) is 4.03. The highest BCUT2D eigenvalue weighted by molar-refractivity contribution is 5.98. The minimum absolute atomic E-state index is 0.267. The number of aromatic nitrogens is 4. The molecule has 4 rings (SSSR count). The Labute approximate surface area is 161 Å². The summed E-state index contributed by atoms with van der Waals surface area (Å²) >= 11 is 0. The molecule has 2 aromatic carbocycles. The second kappa shape index (κ2) is 7.69. The summed E-state index contributed by atoms with van der Waals surface area (Å²) in [4.78, 5) is 6.51. The topological polar surface area (TPSA) is 80.0 Å². The van der Waals surface area contributed by atoms with Gasteiger partial charge in [0.05, 0.1) is 0 Å². The number of fused-ring (bicyclic) bond motifs is 1. The molecule has 4 aromatic rings. The average molecular weight is 378 g/mol. The predicted molar refractivity (Wildman–Crippen MR) is 105 cm³/mol. The van der Waals surface area contributed by atoms with Crippen molar-refractivity contribution in [2.24, 2.45) is 0 Å². The lowest BCUT2D eigenvalue weighted by Gasteiger charge is -2.12. The molecule has 0 saturated heterocycles. The zero-order valence-corrected chi connectivity index (χ0v) is 15.6. The summed E-state index contributed by atoms with van der Waals surface area (Å²) in [6.45, 7) is 1.63. The number of rotatable bonds is 6. The highest BCUT2D eigenvalue weighted by Gasteiger charge is 2.17. The van der Waals surface area contributed by atoms with Crippen molar-refractivity contribution in [2.75, 3.05) is 32.5 Å². The van der Waals surface area contributed by atoms with E-state index in [4.69, 9.17) is 4.52 Å². The van der Waals surface area contributed by atoms with Gasteiger partial charge in [-0.15, -0.1) is 10.2 Å². The maximum atomic E-state index is 13.1. The summed E-state index contributed by atoms with van der Waals surface area (Å²) in [5.74, 6) is 1.03. The van der Waals surface area contributed by atoms with Crippen molar-refractivity contribution in [3.63, 3.8) is 0 Å². The second-order valence-electron chi connectivity index (χ2n) is 6.60. The molecule has 7 nitrogen and oxygen atoms in total. The third-order valence-electron chi connectivity index (χ3n) is 4.27. The van der Waals surface area contributed by atoms with Gasteiger partial charge in [-0.3, -0.25) is 0 Å². The van der Waals surface area contributed by atoms with Crippen LogP contribution in [0.2, 0.25) is 0 Å². The van der Waals surface area contributed by atoms with E-state index in [0.717, 1.165) is 23.9 Å². The minimum Gasteiger partial charge on any atom is -0.367 e. The Hall–Kier alpha value is -3.39. The van der Waals surface area contributed by atoms with Crippen molar-refractivity contribution in [3.05, 3.63) is 54.3 Å². The van der Waals surface area contributed by atoms with Gasteiger partial charge in [0.2, 0.25) is 5.82 Å². The van der Waals surface area contributed by atoms with Crippen molar-refractivity contribution in [3.8, 4) is 23.0 Å². The van der Waals surface area contributed by atoms with Crippen LogP contribution in [-0.4, -0.2) is 52.4 Å². The Balaban J connectivity index is 1.69. The molecule has 0 fully saturated rings. The van der Waals surface area contributed by atoms with Gasteiger partial charge in [0.1, 0.15) is 5.82 Å². The molecule has 0 amide bonds. The van der Waals surface area contributed by atoms with Crippen LogP contribution < -0.4 is 5.32 Å². The first-order valence-electron chi connectivity index (χ1n) is 8.86. The molecule has 0 spiro atoms. The second-order valence-corrected chi connectivity index (χ2v) is 6.60. The number of hydrogen-bond donors (Lipinski definition) is 1. The van der Waals surface area contributed by atoms with E-state index < -0.39 is 0 Å². The molecule has 0 aliphatic heterocycles. The van der Waals surface area contributed by atoms with Crippen LogP contribution in [0.25, 0.3) is 33.7 Å². The number of likely N-dealkylation sites (N-methyl/N-ethyl adjacent to an activating group) is 1. The number of nitrogens with one attached hydrogen (secondary N) is 1. The molecular weight excluding hydrogens is 359 g/mol. The molecule has 1 N–H and O–H groups in total. The van der Waals surface area contributed by atoms with Gasteiger partial charge in [-0.05, 0) is 38.4 Å². The molecule has 0 saturated carbocycles. The van der Waals surface area contributed by atoms with E-state index in [-0.39, 0.29) is 11.7 Å². The van der Waals surface area contributed by atoms with E-state index in [1.165, 1.54) is 12.1 Å². The maximum Gasteiger partial charge on any atom is 0.279 e. The lowest BCUT2D eigenvalue weighted by Crippen LogP contribution is -2.21. The van der Waals surface area contributed by atoms with Crippen LogP contribution >= 0.6 is 0 Å². The van der Waals surface area contributed by atoms with Gasteiger partial charge in [-0.1, -0.05) is 29.4 Å². The molecular formula is C20H19FN6O. The van der Waals surface area contributed by atoms with Crippen LogP contribution in [0.15, 0.2) is 53.1 Å². The number of hydrogen-bond acceptors (Lipinski definition) is 7. The van der Waals surface area contributed by atoms with Crippen molar-refractivity contribution < 1.29 is 8.91 Å². The zero-order valence-electron chi connectivity index (χ0n) is 15.6. The van der Waals surface area contributed by atoms with Gasteiger partial charge >= 0.3 is 0 Å². The van der Waals surface area contributed by atoms with Crippen molar-refractivity contribution in [1.82, 2.24) is 25.2 Å². The van der Waals surface area contributed by atoms with E-state index in [1.807, 2.05) is 38.4 Å². The molecule has 2 aromatic heterocycles. The summed E-state index contributed by atoms with van der Waals surface area (Å²) < 4.78 is 18.5. The molecule has 0 atom stereocenters. The molecule has 142 valence electrons. The Morgan fingerprint density at radius 1 is 1.00 bits per heavy atom. The quantitative estimate of drug-likeness (QED) is 0.550.